The second-order valence-electron chi connectivity index (χ2n) is 3.79. The number of carbonyl (C=O) groups is 1. The number of nitrogens with one attached hydrogen (secondary N) is 1. The molecular weight excluding hydrogens is 314 g/mol. The summed E-state index contributed by atoms with van der Waals surface area (Å²) in [6, 6.07) is 8.85. The van der Waals surface area contributed by atoms with Gasteiger partial charge in [-0.3, -0.25) is 4.79 Å². The first-order valence-electron chi connectivity index (χ1n) is 5.55. The number of nitrogens with two attached hydrogens (primary N) is 1. The van der Waals surface area contributed by atoms with E-state index in [0.717, 1.165) is 4.90 Å². The lowest BCUT2D eigenvalue weighted by molar-refractivity contribution is -0.113. The molecule has 0 atom stereocenters. The van der Waals surface area contributed by atoms with E-state index in [2.05, 4.69) is 5.32 Å². The van der Waals surface area contributed by atoms with E-state index in [-0.39, 0.29) is 11.7 Å². The Morgan fingerprint density at radius 1 is 1.50 bits per heavy atom. The van der Waals surface area contributed by atoms with Gasteiger partial charge in [-0.25, -0.2) is 0 Å². The number of amides is 1. The molecule has 0 saturated carbocycles. The van der Waals surface area contributed by atoms with Crippen LogP contribution in [0.5, 0.6) is 0 Å². The SMILES string of the molecule is N#Cc1ccsc1NC(=O)CSc1ccc(Cl)cc1N. The number of rotatable bonds is 4. The predicted molar refractivity (Wildman–Crippen MR) is 84.3 cm³/mol. The molecule has 4 nitrogen and oxygen atoms in total. The lowest BCUT2D eigenvalue weighted by Gasteiger charge is -2.06. The number of nitrogen functional groups attached to an aromatic ring is 1. The summed E-state index contributed by atoms with van der Waals surface area (Å²) in [7, 11) is 0. The molecule has 102 valence electrons. The number of thiophene rings is 1. The standard InChI is InChI=1S/C13H10ClN3OS2/c14-9-1-2-11(10(16)5-9)20-7-12(18)17-13-8(6-15)3-4-19-13/h1-5H,7,16H2,(H,17,18). The maximum absolute atomic E-state index is 11.8. The summed E-state index contributed by atoms with van der Waals surface area (Å²) in [5.41, 5.74) is 6.83. The molecule has 0 fully saturated rings. The van der Waals surface area contributed by atoms with E-state index >= 15 is 0 Å². The van der Waals surface area contributed by atoms with E-state index in [4.69, 9.17) is 22.6 Å². The van der Waals surface area contributed by atoms with Gasteiger partial charge in [-0.15, -0.1) is 23.1 Å². The summed E-state index contributed by atoms with van der Waals surface area (Å²) in [4.78, 5) is 12.6. The third-order valence-corrected chi connectivity index (χ3v) is 4.52. The van der Waals surface area contributed by atoms with Crippen LogP contribution < -0.4 is 11.1 Å². The first-order chi connectivity index (χ1) is 9.60. The Morgan fingerprint density at radius 2 is 2.30 bits per heavy atom. The third kappa shape index (κ3) is 3.67. The van der Waals surface area contributed by atoms with Crippen molar-refractivity contribution in [2.75, 3.05) is 16.8 Å². The van der Waals surface area contributed by atoms with Crippen molar-refractivity contribution in [1.82, 2.24) is 0 Å². The number of nitriles is 1. The summed E-state index contributed by atoms with van der Waals surface area (Å²) >= 11 is 8.46. The number of carbonyl (C=O) groups excluding carboxylic acids is 1. The summed E-state index contributed by atoms with van der Waals surface area (Å²) in [5, 5.41) is 14.5. The fourth-order valence-electron chi connectivity index (χ4n) is 1.45. The van der Waals surface area contributed by atoms with Crippen molar-refractivity contribution in [3.63, 3.8) is 0 Å². The molecule has 0 saturated heterocycles. The van der Waals surface area contributed by atoms with Crippen molar-refractivity contribution < 1.29 is 4.79 Å². The molecule has 0 aliphatic carbocycles. The minimum Gasteiger partial charge on any atom is -0.398 e. The van der Waals surface area contributed by atoms with Gasteiger partial charge in [0.25, 0.3) is 0 Å². The maximum atomic E-state index is 11.8. The average Bonchev–Trinajstić information content (AvgIpc) is 2.85. The topological polar surface area (TPSA) is 78.9 Å². The van der Waals surface area contributed by atoms with Crippen molar-refractivity contribution in [3.05, 3.63) is 40.2 Å². The summed E-state index contributed by atoms with van der Waals surface area (Å²) in [5.74, 6) is 0.0394. The van der Waals surface area contributed by atoms with Gasteiger partial charge in [0.15, 0.2) is 0 Å². The van der Waals surface area contributed by atoms with Crippen molar-refractivity contribution >= 4 is 51.3 Å². The minimum atomic E-state index is -0.178. The largest absolute Gasteiger partial charge is 0.398 e. The lowest BCUT2D eigenvalue weighted by Crippen LogP contribution is -2.13. The zero-order valence-electron chi connectivity index (χ0n) is 10.2. The lowest BCUT2D eigenvalue weighted by atomic mass is 10.3. The second-order valence-corrected chi connectivity index (χ2v) is 6.16. The Morgan fingerprint density at radius 3 is 3.00 bits per heavy atom. The average molecular weight is 324 g/mol. The van der Waals surface area contributed by atoms with Crippen LogP contribution in [0.1, 0.15) is 5.56 Å². The molecule has 0 bridgehead atoms. The minimum absolute atomic E-state index is 0.178. The molecule has 7 heteroatoms. The van der Waals surface area contributed by atoms with Crippen molar-refractivity contribution in [3.8, 4) is 6.07 Å². The predicted octanol–water partition coefficient (Wildman–Crippen LogP) is 3.59. The first kappa shape index (κ1) is 14.7. The molecule has 2 aromatic rings. The van der Waals surface area contributed by atoms with Gasteiger partial charge < -0.3 is 11.1 Å². The van der Waals surface area contributed by atoms with Gasteiger partial charge in [0.1, 0.15) is 11.1 Å². The highest BCUT2D eigenvalue weighted by molar-refractivity contribution is 8.00. The van der Waals surface area contributed by atoms with Crippen LogP contribution in [0.4, 0.5) is 10.7 Å². The molecule has 1 amide bonds. The number of thioether (sulfide) groups is 1. The molecule has 20 heavy (non-hydrogen) atoms. The molecule has 1 aromatic heterocycles. The Labute approximate surface area is 129 Å². The van der Waals surface area contributed by atoms with Crippen LogP contribution >= 0.6 is 34.7 Å². The molecule has 0 unspecified atom stereocenters. The zero-order chi connectivity index (χ0) is 14.5. The van der Waals surface area contributed by atoms with Gasteiger partial charge >= 0.3 is 0 Å². The molecule has 0 aliphatic rings. The van der Waals surface area contributed by atoms with Crippen LogP contribution in [0.15, 0.2) is 34.5 Å². The first-order valence-corrected chi connectivity index (χ1v) is 7.79. The van der Waals surface area contributed by atoms with Gasteiger partial charge in [0, 0.05) is 15.6 Å². The van der Waals surface area contributed by atoms with Gasteiger partial charge in [0.2, 0.25) is 5.91 Å². The number of benzene rings is 1. The van der Waals surface area contributed by atoms with Crippen LogP contribution in [-0.2, 0) is 4.79 Å². The fourth-order valence-corrected chi connectivity index (χ4v) is 3.13. The summed E-state index contributed by atoms with van der Waals surface area (Å²) in [6.07, 6.45) is 0. The van der Waals surface area contributed by atoms with E-state index in [9.17, 15) is 4.79 Å². The summed E-state index contributed by atoms with van der Waals surface area (Å²) in [6.45, 7) is 0. The maximum Gasteiger partial charge on any atom is 0.235 e. The second kappa shape index (κ2) is 6.66. The van der Waals surface area contributed by atoms with Gasteiger partial charge in [-0.05, 0) is 29.6 Å². The van der Waals surface area contributed by atoms with Crippen LogP contribution in [0.2, 0.25) is 5.02 Å². The molecule has 1 aromatic carbocycles. The molecule has 3 N–H and O–H groups in total. The van der Waals surface area contributed by atoms with Gasteiger partial charge in [-0.2, -0.15) is 5.26 Å². The van der Waals surface area contributed by atoms with Crippen molar-refractivity contribution in [1.29, 1.82) is 5.26 Å². The van der Waals surface area contributed by atoms with Gasteiger partial charge in [0.05, 0.1) is 11.3 Å². The zero-order valence-corrected chi connectivity index (χ0v) is 12.6. The normalized spacial score (nSPS) is 10.0. The highest BCUT2D eigenvalue weighted by atomic mass is 35.5. The van der Waals surface area contributed by atoms with Crippen LogP contribution in [-0.4, -0.2) is 11.7 Å². The van der Waals surface area contributed by atoms with Crippen LogP contribution in [0.3, 0.4) is 0 Å². The molecule has 2 rings (SSSR count). The highest BCUT2D eigenvalue weighted by Crippen LogP contribution is 2.28. The van der Waals surface area contributed by atoms with Crippen molar-refractivity contribution in [2.45, 2.75) is 4.90 Å². The Hall–Kier alpha value is -1.68. The molecule has 0 aliphatic heterocycles. The third-order valence-electron chi connectivity index (χ3n) is 2.37. The Balaban J connectivity index is 1.94. The fraction of sp³-hybridized carbons (Fsp3) is 0.0769. The summed E-state index contributed by atoms with van der Waals surface area (Å²) < 4.78 is 0. The number of halogens is 1. The van der Waals surface area contributed by atoms with E-state index in [0.29, 0.717) is 21.3 Å². The monoisotopic (exact) mass is 323 g/mol. The number of anilines is 2. The van der Waals surface area contributed by atoms with E-state index in [1.807, 2.05) is 6.07 Å². The van der Waals surface area contributed by atoms with E-state index in [1.54, 1.807) is 29.6 Å². The molecule has 1 heterocycles. The quantitative estimate of drug-likeness (QED) is 0.665. The Kier molecular flexibility index (Phi) is 4.90. The van der Waals surface area contributed by atoms with Gasteiger partial charge in [-0.1, -0.05) is 11.6 Å². The smallest absolute Gasteiger partial charge is 0.235 e. The van der Waals surface area contributed by atoms with E-state index < -0.39 is 0 Å². The number of nitrogens with zero attached hydrogens (tertiary/aromatic N) is 1. The highest BCUT2D eigenvalue weighted by Gasteiger charge is 2.09. The van der Waals surface area contributed by atoms with Crippen molar-refractivity contribution in [2.24, 2.45) is 0 Å². The van der Waals surface area contributed by atoms with E-state index in [1.165, 1.54) is 23.1 Å². The number of hydrogen-bond donors (Lipinski definition) is 2. The Bertz CT molecular complexity index is 678. The number of hydrogen-bond acceptors (Lipinski definition) is 5. The molecular formula is C13H10ClN3OS2. The molecule has 0 radical (unpaired) electrons. The van der Waals surface area contributed by atoms with Crippen LogP contribution in [0.25, 0.3) is 0 Å². The van der Waals surface area contributed by atoms with Crippen LogP contribution in [0, 0.1) is 11.3 Å². The molecule has 0 spiro atoms.